The van der Waals surface area contributed by atoms with Gasteiger partial charge in [0.2, 0.25) is 0 Å². The third-order valence-electron chi connectivity index (χ3n) is 2.48. The number of nitrogens with one attached hydrogen (secondary N) is 1. The summed E-state index contributed by atoms with van der Waals surface area (Å²) in [4.78, 5) is 12.1. The Bertz CT molecular complexity index is 553. The molecule has 2 N–H and O–H groups in total. The lowest BCUT2D eigenvalue weighted by atomic mass is 10.1. The number of carbonyl (C=O) groups is 1. The molecule has 0 saturated heterocycles. The van der Waals surface area contributed by atoms with Crippen molar-refractivity contribution in [2.45, 2.75) is 13.1 Å². The lowest BCUT2D eigenvalue weighted by Crippen LogP contribution is -2.12. The molecule has 1 aromatic heterocycles. The van der Waals surface area contributed by atoms with Gasteiger partial charge in [-0.1, -0.05) is 12.1 Å². The van der Waals surface area contributed by atoms with Crippen LogP contribution in [0.25, 0.3) is 0 Å². The Morgan fingerprint density at radius 2 is 2.17 bits per heavy atom. The average Bonchev–Trinajstić information content (AvgIpc) is 2.76. The Morgan fingerprint density at radius 3 is 2.83 bits per heavy atom. The lowest BCUT2D eigenvalue weighted by molar-refractivity contribution is 0.0696. The van der Waals surface area contributed by atoms with Crippen LogP contribution in [0.3, 0.4) is 0 Å². The molecule has 0 amide bonds. The molecular formula is C13H12BrNO2S. The van der Waals surface area contributed by atoms with Crippen molar-refractivity contribution in [3.8, 4) is 0 Å². The van der Waals surface area contributed by atoms with Gasteiger partial charge in [0.25, 0.3) is 0 Å². The zero-order valence-corrected chi connectivity index (χ0v) is 11.9. The van der Waals surface area contributed by atoms with Crippen LogP contribution in [-0.2, 0) is 13.1 Å². The summed E-state index contributed by atoms with van der Waals surface area (Å²) in [6.45, 7) is 1.43. The van der Waals surface area contributed by atoms with Crippen molar-refractivity contribution in [2.24, 2.45) is 0 Å². The molecule has 3 nitrogen and oxygen atoms in total. The zero-order chi connectivity index (χ0) is 13.0. The Hall–Kier alpha value is -1.17. The van der Waals surface area contributed by atoms with E-state index in [1.165, 1.54) is 4.88 Å². The summed E-state index contributed by atoms with van der Waals surface area (Å²) in [6, 6.07) is 9.00. The fourth-order valence-electron chi connectivity index (χ4n) is 1.59. The summed E-state index contributed by atoms with van der Waals surface area (Å²) >= 11 is 5.17. The highest BCUT2D eigenvalue weighted by Crippen LogP contribution is 2.22. The highest BCUT2D eigenvalue weighted by Gasteiger charge is 2.04. The highest BCUT2D eigenvalue weighted by molar-refractivity contribution is 9.10. The van der Waals surface area contributed by atoms with Crippen molar-refractivity contribution in [3.63, 3.8) is 0 Å². The van der Waals surface area contributed by atoms with Gasteiger partial charge >= 0.3 is 5.97 Å². The van der Waals surface area contributed by atoms with E-state index in [9.17, 15) is 4.79 Å². The first kappa shape index (κ1) is 13.3. The normalized spacial score (nSPS) is 10.5. The summed E-state index contributed by atoms with van der Waals surface area (Å²) < 4.78 is 1.11. The van der Waals surface area contributed by atoms with Crippen LogP contribution in [0.15, 0.2) is 40.2 Å². The smallest absolute Gasteiger partial charge is 0.335 e. The molecule has 5 heteroatoms. The second kappa shape index (κ2) is 6.13. The van der Waals surface area contributed by atoms with Crippen LogP contribution in [0.1, 0.15) is 20.8 Å². The van der Waals surface area contributed by atoms with Gasteiger partial charge in [-0.15, -0.1) is 11.3 Å². The van der Waals surface area contributed by atoms with Gasteiger partial charge in [-0.3, -0.25) is 0 Å². The van der Waals surface area contributed by atoms with Crippen LogP contribution in [0.4, 0.5) is 0 Å². The maximum Gasteiger partial charge on any atom is 0.335 e. The van der Waals surface area contributed by atoms with Crippen molar-refractivity contribution in [1.29, 1.82) is 0 Å². The van der Waals surface area contributed by atoms with Gasteiger partial charge in [0.15, 0.2) is 0 Å². The predicted octanol–water partition coefficient (Wildman–Crippen LogP) is 3.50. The summed E-state index contributed by atoms with van der Waals surface area (Å²) in [5.74, 6) is -0.891. The van der Waals surface area contributed by atoms with E-state index >= 15 is 0 Å². The van der Waals surface area contributed by atoms with E-state index in [-0.39, 0.29) is 0 Å². The van der Waals surface area contributed by atoms with E-state index in [2.05, 4.69) is 21.2 Å². The van der Waals surface area contributed by atoms with Crippen LogP contribution in [0.2, 0.25) is 0 Å². The minimum absolute atomic E-state index is 0.326. The van der Waals surface area contributed by atoms with Crippen LogP contribution < -0.4 is 5.32 Å². The van der Waals surface area contributed by atoms with Gasteiger partial charge in [0, 0.05) is 22.4 Å². The first-order valence-corrected chi connectivity index (χ1v) is 7.09. The van der Waals surface area contributed by atoms with Crippen molar-refractivity contribution in [1.82, 2.24) is 5.32 Å². The number of rotatable bonds is 5. The Balaban J connectivity index is 1.92. The predicted molar refractivity (Wildman–Crippen MR) is 76.0 cm³/mol. The van der Waals surface area contributed by atoms with E-state index in [1.54, 1.807) is 29.5 Å². The van der Waals surface area contributed by atoms with Gasteiger partial charge in [-0.05, 0) is 45.1 Å². The molecule has 0 aliphatic carbocycles. The second-order valence-electron chi connectivity index (χ2n) is 3.80. The Labute approximate surface area is 118 Å². The SMILES string of the molecule is O=C(O)c1cccc(CNCc2sccc2Br)c1. The number of hydrogen-bond donors (Lipinski definition) is 2. The second-order valence-corrected chi connectivity index (χ2v) is 5.66. The highest BCUT2D eigenvalue weighted by atomic mass is 79.9. The topological polar surface area (TPSA) is 49.3 Å². The fourth-order valence-corrected chi connectivity index (χ4v) is 3.05. The molecule has 1 aromatic carbocycles. The molecule has 0 spiro atoms. The zero-order valence-electron chi connectivity index (χ0n) is 9.52. The third-order valence-corrected chi connectivity index (χ3v) is 4.41. The minimum atomic E-state index is -0.891. The van der Waals surface area contributed by atoms with Gasteiger partial charge in [0.05, 0.1) is 5.56 Å². The summed E-state index contributed by atoms with van der Waals surface area (Å²) in [6.07, 6.45) is 0. The van der Waals surface area contributed by atoms with E-state index in [0.717, 1.165) is 16.6 Å². The molecule has 1 heterocycles. The van der Waals surface area contributed by atoms with Gasteiger partial charge in [-0.2, -0.15) is 0 Å². The van der Waals surface area contributed by atoms with Crippen LogP contribution in [0, 0.1) is 0 Å². The largest absolute Gasteiger partial charge is 0.478 e. The molecule has 2 rings (SSSR count). The molecule has 0 unspecified atom stereocenters. The van der Waals surface area contributed by atoms with Crippen molar-refractivity contribution in [2.75, 3.05) is 0 Å². The minimum Gasteiger partial charge on any atom is -0.478 e. The molecule has 0 saturated carbocycles. The number of hydrogen-bond acceptors (Lipinski definition) is 3. The summed E-state index contributed by atoms with van der Waals surface area (Å²) in [7, 11) is 0. The monoisotopic (exact) mass is 325 g/mol. The standard InChI is InChI=1S/C13H12BrNO2S/c14-11-4-5-18-12(11)8-15-7-9-2-1-3-10(6-9)13(16)17/h1-6,15H,7-8H2,(H,16,17). The van der Waals surface area contributed by atoms with E-state index < -0.39 is 5.97 Å². The number of thiophene rings is 1. The summed E-state index contributed by atoms with van der Waals surface area (Å²) in [5.41, 5.74) is 1.30. The average molecular weight is 326 g/mol. The molecule has 0 aliphatic rings. The van der Waals surface area contributed by atoms with Crippen molar-refractivity contribution >= 4 is 33.2 Å². The maximum atomic E-state index is 10.8. The lowest BCUT2D eigenvalue weighted by Gasteiger charge is -2.05. The number of carboxylic acid groups (broad SMARTS) is 1. The number of halogens is 1. The number of benzene rings is 1. The number of carboxylic acids is 1. The quantitative estimate of drug-likeness (QED) is 0.884. The molecular weight excluding hydrogens is 314 g/mol. The Kier molecular flexibility index (Phi) is 4.52. The van der Waals surface area contributed by atoms with Crippen molar-refractivity contribution < 1.29 is 9.90 Å². The van der Waals surface area contributed by atoms with E-state index in [4.69, 9.17) is 5.11 Å². The maximum absolute atomic E-state index is 10.8. The van der Waals surface area contributed by atoms with Crippen LogP contribution >= 0.6 is 27.3 Å². The summed E-state index contributed by atoms with van der Waals surface area (Å²) in [5, 5.41) is 14.2. The number of aromatic carboxylic acids is 1. The van der Waals surface area contributed by atoms with Gasteiger partial charge in [0.1, 0.15) is 0 Å². The molecule has 0 fully saturated rings. The molecule has 0 bridgehead atoms. The van der Waals surface area contributed by atoms with E-state index in [0.29, 0.717) is 12.1 Å². The van der Waals surface area contributed by atoms with Crippen LogP contribution in [-0.4, -0.2) is 11.1 Å². The Morgan fingerprint density at radius 1 is 1.33 bits per heavy atom. The first-order chi connectivity index (χ1) is 8.66. The van der Waals surface area contributed by atoms with E-state index in [1.807, 2.05) is 17.5 Å². The first-order valence-electron chi connectivity index (χ1n) is 5.41. The molecule has 94 valence electrons. The molecule has 0 atom stereocenters. The van der Waals surface area contributed by atoms with Gasteiger partial charge in [-0.25, -0.2) is 4.79 Å². The van der Waals surface area contributed by atoms with Crippen LogP contribution in [0.5, 0.6) is 0 Å². The molecule has 0 radical (unpaired) electrons. The van der Waals surface area contributed by atoms with Crippen molar-refractivity contribution in [3.05, 3.63) is 56.2 Å². The molecule has 2 aromatic rings. The van der Waals surface area contributed by atoms with Gasteiger partial charge < -0.3 is 10.4 Å². The third kappa shape index (κ3) is 3.41. The fraction of sp³-hybridized carbons (Fsp3) is 0.154. The molecule has 0 aliphatic heterocycles. The molecule has 18 heavy (non-hydrogen) atoms.